The molecule has 0 amide bonds. The molecule has 114 valence electrons. The molecule has 3 heteroatoms. The fourth-order valence-electron chi connectivity index (χ4n) is 2.00. The Morgan fingerprint density at radius 3 is 2.52 bits per heavy atom. The van der Waals surface area contributed by atoms with E-state index in [9.17, 15) is 4.79 Å². The van der Waals surface area contributed by atoms with Crippen molar-refractivity contribution in [3.8, 4) is 11.5 Å². The van der Waals surface area contributed by atoms with Gasteiger partial charge in [0.25, 0.3) is 0 Å². The fourth-order valence-corrected chi connectivity index (χ4v) is 2.00. The number of hydrogen-bond donors (Lipinski definition) is 0. The van der Waals surface area contributed by atoms with Gasteiger partial charge in [-0.05, 0) is 56.9 Å². The normalized spacial score (nSPS) is 12.2. The van der Waals surface area contributed by atoms with Gasteiger partial charge in [0.05, 0.1) is 14.2 Å². The number of ether oxygens (including phenoxy) is 2. The lowest BCUT2D eigenvalue weighted by Crippen LogP contribution is -1.93. The zero-order valence-corrected chi connectivity index (χ0v) is 13.3. The Morgan fingerprint density at radius 2 is 1.90 bits per heavy atom. The van der Waals surface area contributed by atoms with Crippen LogP contribution in [-0.2, 0) is 11.2 Å². The summed E-state index contributed by atoms with van der Waals surface area (Å²) in [6, 6.07) is 5.82. The van der Waals surface area contributed by atoms with E-state index < -0.39 is 0 Å². The summed E-state index contributed by atoms with van der Waals surface area (Å²) in [6.07, 6.45) is 7.71. The van der Waals surface area contributed by atoms with Crippen LogP contribution in [0.4, 0.5) is 0 Å². The van der Waals surface area contributed by atoms with Crippen molar-refractivity contribution in [1.82, 2.24) is 0 Å². The Kier molecular flexibility index (Phi) is 7.30. The van der Waals surface area contributed by atoms with Gasteiger partial charge in [0.15, 0.2) is 0 Å². The SMILES string of the molecule is COc1ccc(OC)c(CC=C(C)CCC=C(C)C=O)c1. The maximum atomic E-state index is 10.5. The zero-order valence-electron chi connectivity index (χ0n) is 13.3. The van der Waals surface area contributed by atoms with Gasteiger partial charge in [-0.3, -0.25) is 4.79 Å². The minimum absolute atomic E-state index is 0.789. The number of aldehydes is 1. The quantitative estimate of drug-likeness (QED) is 0.410. The molecule has 0 heterocycles. The molecule has 0 atom stereocenters. The third-order valence-corrected chi connectivity index (χ3v) is 3.35. The Labute approximate surface area is 127 Å². The van der Waals surface area contributed by atoms with Gasteiger partial charge in [0, 0.05) is 5.56 Å². The molecular formula is C18H24O3. The maximum Gasteiger partial charge on any atom is 0.145 e. The lowest BCUT2D eigenvalue weighted by molar-refractivity contribution is -0.104. The highest BCUT2D eigenvalue weighted by molar-refractivity contribution is 5.71. The van der Waals surface area contributed by atoms with E-state index >= 15 is 0 Å². The number of benzene rings is 1. The summed E-state index contributed by atoms with van der Waals surface area (Å²) in [7, 11) is 3.34. The average Bonchev–Trinajstić information content (AvgIpc) is 2.52. The van der Waals surface area contributed by atoms with E-state index in [1.807, 2.05) is 31.2 Å². The second-order valence-electron chi connectivity index (χ2n) is 5.04. The first-order valence-electron chi connectivity index (χ1n) is 7.09. The summed E-state index contributed by atoms with van der Waals surface area (Å²) in [4.78, 5) is 10.5. The highest BCUT2D eigenvalue weighted by atomic mass is 16.5. The summed E-state index contributed by atoms with van der Waals surface area (Å²) in [5.74, 6) is 1.71. The van der Waals surface area contributed by atoms with E-state index in [2.05, 4.69) is 13.0 Å². The molecule has 1 rings (SSSR count). The Balaban J connectivity index is 2.67. The van der Waals surface area contributed by atoms with Crippen molar-refractivity contribution in [3.63, 3.8) is 0 Å². The molecule has 0 spiro atoms. The second kappa shape index (κ2) is 9.01. The number of hydrogen-bond acceptors (Lipinski definition) is 3. The van der Waals surface area contributed by atoms with Crippen LogP contribution in [0.25, 0.3) is 0 Å². The standard InChI is InChI=1S/C18H24O3/c1-14(6-5-7-15(2)13-19)8-9-16-12-17(20-3)10-11-18(16)21-4/h7-8,10-13H,5-6,9H2,1-4H3. The lowest BCUT2D eigenvalue weighted by atomic mass is 10.1. The Hall–Kier alpha value is -2.03. The first-order chi connectivity index (χ1) is 10.1. The molecule has 0 saturated heterocycles. The van der Waals surface area contributed by atoms with Crippen molar-refractivity contribution in [2.24, 2.45) is 0 Å². The van der Waals surface area contributed by atoms with E-state index in [0.717, 1.165) is 48.2 Å². The van der Waals surface area contributed by atoms with Gasteiger partial charge in [-0.25, -0.2) is 0 Å². The second-order valence-corrected chi connectivity index (χ2v) is 5.04. The molecule has 0 aliphatic rings. The van der Waals surface area contributed by atoms with Crippen molar-refractivity contribution >= 4 is 6.29 Å². The van der Waals surface area contributed by atoms with Crippen LogP contribution in [-0.4, -0.2) is 20.5 Å². The summed E-state index contributed by atoms with van der Waals surface area (Å²) in [6.45, 7) is 3.93. The van der Waals surface area contributed by atoms with Crippen molar-refractivity contribution in [1.29, 1.82) is 0 Å². The van der Waals surface area contributed by atoms with Gasteiger partial charge < -0.3 is 9.47 Å². The van der Waals surface area contributed by atoms with Gasteiger partial charge in [-0.2, -0.15) is 0 Å². The molecule has 0 bridgehead atoms. The third kappa shape index (κ3) is 5.86. The fraction of sp³-hybridized carbons (Fsp3) is 0.389. The first kappa shape index (κ1) is 17.0. The molecule has 0 fully saturated rings. The molecule has 0 unspecified atom stereocenters. The average molecular weight is 288 g/mol. The van der Waals surface area contributed by atoms with Crippen molar-refractivity contribution in [2.45, 2.75) is 33.1 Å². The number of carbonyl (C=O) groups excluding carboxylic acids is 1. The van der Waals surface area contributed by atoms with Crippen molar-refractivity contribution in [2.75, 3.05) is 14.2 Å². The van der Waals surface area contributed by atoms with Crippen LogP contribution >= 0.6 is 0 Å². The summed E-state index contributed by atoms with van der Waals surface area (Å²) in [5.41, 5.74) is 3.20. The number of rotatable bonds is 8. The summed E-state index contributed by atoms with van der Waals surface area (Å²) in [5, 5.41) is 0. The smallest absolute Gasteiger partial charge is 0.145 e. The van der Waals surface area contributed by atoms with E-state index in [-0.39, 0.29) is 0 Å². The van der Waals surface area contributed by atoms with Crippen LogP contribution in [0.3, 0.4) is 0 Å². The third-order valence-electron chi connectivity index (χ3n) is 3.35. The van der Waals surface area contributed by atoms with Crippen molar-refractivity contribution in [3.05, 3.63) is 47.1 Å². The van der Waals surface area contributed by atoms with Crippen LogP contribution in [0.1, 0.15) is 32.3 Å². The van der Waals surface area contributed by atoms with Gasteiger partial charge in [-0.1, -0.05) is 17.7 Å². The number of carbonyl (C=O) groups is 1. The van der Waals surface area contributed by atoms with Crippen LogP contribution in [0, 0.1) is 0 Å². The molecule has 0 aromatic heterocycles. The molecule has 0 radical (unpaired) electrons. The monoisotopic (exact) mass is 288 g/mol. The van der Waals surface area contributed by atoms with Gasteiger partial charge in [0.2, 0.25) is 0 Å². The Morgan fingerprint density at radius 1 is 1.14 bits per heavy atom. The molecule has 0 aliphatic heterocycles. The first-order valence-corrected chi connectivity index (χ1v) is 7.09. The molecule has 1 aromatic carbocycles. The minimum Gasteiger partial charge on any atom is -0.497 e. The molecule has 0 aliphatic carbocycles. The van der Waals surface area contributed by atoms with E-state index in [1.165, 1.54) is 5.57 Å². The largest absolute Gasteiger partial charge is 0.497 e. The van der Waals surface area contributed by atoms with Gasteiger partial charge >= 0.3 is 0 Å². The number of methoxy groups -OCH3 is 2. The van der Waals surface area contributed by atoms with Gasteiger partial charge in [0.1, 0.15) is 17.8 Å². The summed E-state index contributed by atoms with van der Waals surface area (Å²) < 4.78 is 10.6. The van der Waals surface area contributed by atoms with Crippen molar-refractivity contribution < 1.29 is 14.3 Å². The molecular weight excluding hydrogens is 264 g/mol. The van der Waals surface area contributed by atoms with Gasteiger partial charge in [-0.15, -0.1) is 0 Å². The van der Waals surface area contributed by atoms with Crippen LogP contribution in [0.2, 0.25) is 0 Å². The molecule has 0 saturated carbocycles. The minimum atomic E-state index is 0.789. The highest BCUT2D eigenvalue weighted by Crippen LogP contribution is 2.25. The highest BCUT2D eigenvalue weighted by Gasteiger charge is 2.03. The van der Waals surface area contributed by atoms with E-state index in [1.54, 1.807) is 14.2 Å². The maximum absolute atomic E-state index is 10.5. The molecule has 3 nitrogen and oxygen atoms in total. The van der Waals surface area contributed by atoms with Crippen LogP contribution < -0.4 is 9.47 Å². The summed E-state index contributed by atoms with van der Waals surface area (Å²) >= 11 is 0. The number of allylic oxidation sites excluding steroid dienone is 4. The molecule has 1 aromatic rings. The van der Waals surface area contributed by atoms with Crippen LogP contribution in [0.5, 0.6) is 11.5 Å². The van der Waals surface area contributed by atoms with E-state index in [4.69, 9.17) is 9.47 Å². The molecule has 0 N–H and O–H groups in total. The predicted octanol–water partition coefficient (Wildman–Crippen LogP) is 4.12. The lowest BCUT2D eigenvalue weighted by Gasteiger charge is -2.09. The Bertz CT molecular complexity index is 527. The van der Waals surface area contributed by atoms with E-state index in [0.29, 0.717) is 0 Å². The molecule has 21 heavy (non-hydrogen) atoms. The zero-order chi connectivity index (χ0) is 15.7. The topological polar surface area (TPSA) is 35.5 Å². The predicted molar refractivity (Wildman–Crippen MR) is 86.1 cm³/mol. The van der Waals surface area contributed by atoms with Crippen LogP contribution in [0.15, 0.2) is 41.5 Å².